The fourth-order valence-corrected chi connectivity index (χ4v) is 2.97. The van der Waals surface area contributed by atoms with Gasteiger partial charge >= 0.3 is 0 Å². The van der Waals surface area contributed by atoms with Crippen molar-refractivity contribution in [3.05, 3.63) is 16.1 Å². The molecule has 2 atom stereocenters. The normalized spacial score (nSPS) is 27.8. The lowest BCUT2D eigenvalue weighted by molar-refractivity contribution is 0.195. The zero-order valence-electron chi connectivity index (χ0n) is 9.60. The van der Waals surface area contributed by atoms with Gasteiger partial charge in [-0.05, 0) is 27.2 Å². The highest BCUT2D eigenvalue weighted by atomic mass is 32.1. The maximum Gasteiger partial charge on any atom is 0.0898 e. The first-order chi connectivity index (χ1) is 7.09. The fourth-order valence-electron chi connectivity index (χ4n) is 2.33. The number of hydrogen-bond donors (Lipinski definition) is 1. The summed E-state index contributed by atoms with van der Waals surface area (Å²) in [5.74, 6) is 0. The van der Waals surface area contributed by atoms with Gasteiger partial charge in [-0.1, -0.05) is 0 Å². The highest BCUT2D eigenvalue weighted by molar-refractivity contribution is 7.09. The van der Waals surface area contributed by atoms with Gasteiger partial charge in [0.05, 0.1) is 16.7 Å². The van der Waals surface area contributed by atoms with Crippen molar-refractivity contribution in [3.63, 3.8) is 0 Å². The Labute approximate surface area is 95.3 Å². The molecule has 4 heteroatoms. The molecule has 0 radical (unpaired) electrons. The minimum atomic E-state index is 0.244. The van der Waals surface area contributed by atoms with Crippen LogP contribution < -0.4 is 5.73 Å². The Hall–Kier alpha value is -0.450. The lowest BCUT2D eigenvalue weighted by atomic mass is 10.1. The molecule has 0 bridgehead atoms. The van der Waals surface area contributed by atoms with Crippen LogP contribution in [0.2, 0.25) is 0 Å². The van der Waals surface area contributed by atoms with Gasteiger partial charge in [-0.15, -0.1) is 11.3 Å². The number of nitrogens with zero attached hydrogens (tertiary/aromatic N) is 2. The molecule has 1 saturated heterocycles. The second kappa shape index (κ2) is 4.20. The Morgan fingerprint density at radius 1 is 1.60 bits per heavy atom. The molecule has 0 saturated carbocycles. The number of aromatic nitrogens is 1. The molecule has 2 heterocycles. The Balaban J connectivity index is 2.24. The van der Waals surface area contributed by atoms with Crippen LogP contribution in [0.15, 0.2) is 5.38 Å². The minimum Gasteiger partial charge on any atom is -0.326 e. The molecular weight excluding hydrogens is 206 g/mol. The van der Waals surface area contributed by atoms with Crippen molar-refractivity contribution in [1.29, 1.82) is 0 Å². The first-order valence-corrected chi connectivity index (χ1v) is 6.41. The van der Waals surface area contributed by atoms with Gasteiger partial charge in [0.25, 0.3) is 0 Å². The Morgan fingerprint density at radius 3 is 2.87 bits per heavy atom. The van der Waals surface area contributed by atoms with Gasteiger partial charge in [0.15, 0.2) is 0 Å². The van der Waals surface area contributed by atoms with E-state index in [9.17, 15) is 0 Å². The molecular formula is C11H19N3S. The van der Waals surface area contributed by atoms with Gasteiger partial charge in [0.2, 0.25) is 0 Å². The maximum atomic E-state index is 6.17. The van der Waals surface area contributed by atoms with E-state index < -0.39 is 0 Å². The van der Waals surface area contributed by atoms with E-state index in [0.29, 0.717) is 12.1 Å². The van der Waals surface area contributed by atoms with Crippen molar-refractivity contribution in [1.82, 2.24) is 9.88 Å². The minimum absolute atomic E-state index is 0.244. The number of thiazole rings is 1. The van der Waals surface area contributed by atoms with Crippen LogP contribution >= 0.6 is 11.3 Å². The molecule has 1 aromatic heterocycles. The number of nitrogens with two attached hydrogens (primary N) is 1. The van der Waals surface area contributed by atoms with E-state index in [2.05, 4.69) is 29.1 Å². The summed E-state index contributed by atoms with van der Waals surface area (Å²) in [4.78, 5) is 7.03. The summed E-state index contributed by atoms with van der Waals surface area (Å²) >= 11 is 1.71. The first kappa shape index (κ1) is 11.0. The van der Waals surface area contributed by atoms with E-state index in [1.807, 2.05) is 6.92 Å². The van der Waals surface area contributed by atoms with Gasteiger partial charge in [-0.2, -0.15) is 0 Å². The fraction of sp³-hybridized carbons (Fsp3) is 0.727. The summed E-state index contributed by atoms with van der Waals surface area (Å²) in [6, 6.07) is 1.12. The molecule has 1 fully saturated rings. The molecule has 84 valence electrons. The summed E-state index contributed by atoms with van der Waals surface area (Å²) in [5.41, 5.74) is 7.33. The second-order valence-corrected chi connectivity index (χ2v) is 5.58. The highest BCUT2D eigenvalue weighted by Gasteiger charge is 2.35. The van der Waals surface area contributed by atoms with Crippen LogP contribution in [0.25, 0.3) is 0 Å². The summed E-state index contributed by atoms with van der Waals surface area (Å²) in [7, 11) is 0. The number of aryl methyl sites for hydroxylation is 1. The molecule has 1 aromatic rings. The molecule has 0 amide bonds. The zero-order chi connectivity index (χ0) is 11.0. The van der Waals surface area contributed by atoms with Crippen LogP contribution in [-0.4, -0.2) is 28.5 Å². The monoisotopic (exact) mass is 225 g/mol. The van der Waals surface area contributed by atoms with E-state index >= 15 is 0 Å². The molecule has 1 aliphatic rings. The standard InChI is InChI=1S/C11H19N3S/c1-7(2)14-5-4-9(12)11(14)10-6-15-8(3)13-10/h6-7,9,11H,4-5,12H2,1-3H3/t9-,11-/m1/s1. The van der Waals surface area contributed by atoms with E-state index in [1.54, 1.807) is 11.3 Å². The van der Waals surface area contributed by atoms with Crippen molar-refractivity contribution < 1.29 is 0 Å². The topological polar surface area (TPSA) is 42.1 Å². The van der Waals surface area contributed by atoms with E-state index in [1.165, 1.54) is 0 Å². The summed E-state index contributed by atoms with van der Waals surface area (Å²) < 4.78 is 0. The first-order valence-electron chi connectivity index (χ1n) is 5.53. The lowest BCUT2D eigenvalue weighted by Crippen LogP contribution is -2.36. The van der Waals surface area contributed by atoms with Crippen LogP contribution in [0, 0.1) is 6.92 Å². The van der Waals surface area contributed by atoms with Gasteiger partial charge in [-0.25, -0.2) is 4.98 Å². The largest absolute Gasteiger partial charge is 0.326 e. The Bertz CT molecular complexity index is 334. The third-order valence-corrected chi connectivity index (χ3v) is 3.88. The summed E-state index contributed by atoms with van der Waals surface area (Å²) in [6.07, 6.45) is 1.08. The van der Waals surface area contributed by atoms with Crippen LogP contribution in [0.3, 0.4) is 0 Å². The SMILES string of the molecule is Cc1nc([C@H]2[C@H](N)CCN2C(C)C)cs1. The molecule has 0 aromatic carbocycles. The maximum absolute atomic E-state index is 6.17. The Kier molecular flexibility index (Phi) is 3.09. The Morgan fingerprint density at radius 2 is 2.33 bits per heavy atom. The predicted molar refractivity (Wildman–Crippen MR) is 64.0 cm³/mol. The molecule has 2 N–H and O–H groups in total. The summed E-state index contributed by atoms with van der Waals surface area (Å²) in [6.45, 7) is 7.60. The molecule has 0 spiro atoms. The van der Waals surface area contributed by atoms with Gasteiger partial charge in [0, 0.05) is 24.0 Å². The average Bonchev–Trinajstić information content (AvgIpc) is 2.71. The zero-order valence-corrected chi connectivity index (χ0v) is 10.4. The molecule has 15 heavy (non-hydrogen) atoms. The van der Waals surface area contributed by atoms with Gasteiger partial charge in [0.1, 0.15) is 0 Å². The van der Waals surface area contributed by atoms with Crippen molar-refractivity contribution in [2.75, 3.05) is 6.54 Å². The smallest absolute Gasteiger partial charge is 0.0898 e. The predicted octanol–water partition coefficient (Wildman–Crippen LogP) is 1.93. The number of likely N-dealkylation sites (tertiary alicyclic amines) is 1. The number of rotatable bonds is 2. The third kappa shape index (κ3) is 2.07. The second-order valence-electron chi connectivity index (χ2n) is 4.52. The molecule has 0 aliphatic carbocycles. The van der Waals surface area contributed by atoms with Crippen LogP contribution in [0.5, 0.6) is 0 Å². The van der Waals surface area contributed by atoms with E-state index in [-0.39, 0.29) is 6.04 Å². The van der Waals surface area contributed by atoms with E-state index in [4.69, 9.17) is 5.73 Å². The van der Waals surface area contributed by atoms with Crippen molar-refractivity contribution in [2.45, 2.75) is 45.3 Å². The summed E-state index contributed by atoms with van der Waals surface area (Å²) in [5, 5.41) is 3.29. The molecule has 1 aliphatic heterocycles. The molecule has 3 nitrogen and oxygen atoms in total. The van der Waals surface area contributed by atoms with Crippen molar-refractivity contribution in [2.24, 2.45) is 5.73 Å². The molecule has 2 rings (SSSR count). The third-order valence-electron chi connectivity index (χ3n) is 3.09. The van der Waals surface area contributed by atoms with Crippen LogP contribution in [-0.2, 0) is 0 Å². The van der Waals surface area contributed by atoms with Crippen LogP contribution in [0.1, 0.15) is 37.0 Å². The van der Waals surface area contributed by atoms with Gasteiger partial charge < -0.3 is 5.73 Å². The quantitative estimate of drug-likeness (QED) is 0.836. The van der Waals surface area contributed by atoms with Crippen LogP contribution in [0.4, 0.5) is 0 Å². The number of hydrogen-bond acceptors (Lipinski definition) is 4. The van der Waals surface area contributed by atoms with Crippen molar-refractivity contribution >= 4 is 11.3 Å². The van der Waals surface area contributed by atoms with Gasteiger partial charge in [-0.3, -0.25) is 4.90 Å². The van der Waals surface area contributed by atoms with E-state index in [0.717, 1.165) is 23.7 Å². The van der Waals surface area contributed by atoms with Crippen molar-refractivity contribution in [3.8, 4) is 0 Å². The highest BCUT2D eigenvalue weighted by Crippen LogP contribution is 2.33. The molecule has 0 unspecified atom stereocenters. The average molecular weight is 225 g/mol. The lowest BCUT2D eigenvalue weighted by Gasteiger charge is -2.28.